The van der Waals surface area contributed by atoms with Gasteiger partial charge in [-0.3, -0.25) is 4.79 Å². The second-order valence-corrected chi connectivity index (χ2v) is 4.83. The maximum Gasteiger partial charge on any atom is 0.326 e. The fraction of sp³-hybridized carbons (Fsp3) is 0.750. The van der Waals surface area contributed by atoms with E-state index < -0.39 is 30.4 Å². The average molecular weight is 273 g/mol. The molecule has 0 aromatic heterocycles. The quantitative estimate of drug-likeness (QED) is 0.512. The number of hydrogen-bond acceptors (Lipinski definition) is 3. The van der Waals surface area contributed by atoms with E-state index >= 15 is 0 Å². The molecule has 7 nitrogen and oxygen atoms in total. The van der Waals surface area contributed by atoms with Gasteiger partial charge in [0.1, 0.15) is 6.04 Å². The highest BCUT2D eigenvalue weighted by Crippen LogP contribution is 2.09. The fourth-order valence-corrected chi connectivity index (χ4v) is 1.65. The van der Waals surface area contributed by atoms with Crippen molar-refractivity contribution in [1.29, 1.82) is 0 Å². The first kappa shape index (κ1) is 17.2. The topological polar surface area (TPSA) is 122 Å². The van der Waals surface area contributed by atoms with Crippen LogP contribution in [0.3, 0.4) is 0 Å². The van der Waals surface area contributed by atoms with Gasteiger partial charge in [-0.1, -0.05) is 20.3 Å². The molecule has 0 aliphatic rings. The van der Waals surface area contributed by atoms with E-state index in [1.807, 2.05) is 6.92 Å². The van der Waals surface area contributed by atoms with E-state index in [1.54, 1.807) is 0 Å². The van der Waals surface area contributed by atoms with Gasteiger partial charge in [0, 0.05) is 6.04 Å². The number of nitrogens with one attached hydrogen (secondary N) is 2. The van der Waals surface area contributed by atoms with Crippen LogP contribution in [0.2, 0.25) is 0 Å². The molecule has 3 atom stereocenters. The summed E-state index contributed by atoms with van der Waals surface area (Å²) in [4.78, 5) is 33.1. The highest BCUT2D eigenvalue weighted by atomic mass is 16.4. The first-order valence-electron chi connectivity index (χ1n) is 6.34. The number of amides is 3. The molecule has 0 saturated heterocycles. The van der Waals surface area contributed by atoms with Gasteiger partial charge in [-0.15, -0.1) is 0 Å². The van der Waals surface area contributed by atoms with Gasteiger partial charge in [-0.2, -0.15) is 0 Å². The zero-order valence-corrected chi connectivity index (χ0v) is 11.6. The van der Waals surface area contributed by atoms with Crippen LogP contribution in [0.25, 0.3) is 0 Å². The summed E-state index contributed by atoms with van der Waals surface area (Å²) in [5.41, 5.74) is 4.92. The Balaban J connectivity index is 4.26. The Hall–Kier alpha value is -1.79. The molecule has 0 rings (SSSR count). The highest BCUT2D eigenvalue weighted by molar-refractivity contribution is 5.87. The Morgan fingerprint density at radius 1 is 1.21 bits per heavy atom. The van der Waals surface area contributed by atoms with Gasteiger partial charge in [-0.25, -0.2) is 9.59 Å². The number of urea groups is 1. The molecular formula is C12H23N3O4. The molecular weight excluding hydrogens is 250 g/mol. The molecule has 0 aliphatic carbocycles. The number of carbonyl (C=O) groups excluding carboxylic acids is 2. The molecule has 0 spiro atoms. The molecule has 3 amide bonds. The lowest BCUT2D eigenvalue weighted by Crippen LogP contribution is -2.49. The maximum atomic E-state index is 11.6. The lowest BCUT2D eigenvalue weighted by atomic mass is 10.0. The Labute approximate surface area is 112 Å². The second kappa shape index (κ2) is 8.34. The van der Waals surface area contributed by atoms with Crippen LogP contribution in [0.4, 0.5) is 4.79 Å². The fourth-order valence-electron chi connectivity index (χ4n) is 1.65. The van der Waals surface area contributed by atoms with Gasteiger partial charge in [0.2, 0.25) is 5.91 Å². The summed E-state index contributed by atoms with van der Waals surface area (Å²) in [6.45, 7) is 5.98. The minimum atomic E-state index is -1.30. The van der Waals surface area contributed by atoms with Crippen molar-refractivity contribution < 1.29 is 19.5 Å². The summed E-state index contributed by atoms with van der Waals surface area (Å²) < 4.78 is 0. The van der Waals surface area contributed by atoms with Crippen LogP contribution in [-0.2, 0) is 9.59 Å². The molecule has 0 aromatic carbocycles. The average Bonchev–Trinajstić information content (AvgIpc) is 2.26. The highest BCUT2D eigenvalue weighted by Gasteiger charge is 2.22. The molecule has 5 N–H and O–H groups in total. The van der Waals surface area contributed by atoms with Gasteiger partial charge in [-0.05, 0) is 19.3 Å². The smallest absolute Gasteiger partial charge is 0.326 e. The maximum absolute atomic E-state index is 11.6. The summed E-state index contributed by atoms with van der Waals surface area (Å²) in [7, 11) is 0. The van der Waals surface area contributed by atoms with Gasteiger partial charge >= 0.3 is 12.0 Å². The van der Waals surface area contributed by atoms with Crippen LogP contribution >= 0.6 is 0 Å². The molecule has 0 fully saturated rings. The number of nitrogens with two attached hydrogens (primary N) is 1. The van der Waals surface area contributed by atoms with E-state index in [4.69, 9.17) is 10.8 Å². The molecule has 0 bridgehead atoms. The van der Waals surface area contributed by atoms with Crippen LogP contribution in [0.15, 0.2) is 0 Å². The van der Waals surface area contributed by atoms with E-state index in [9.17, 15) is 14.4 Å². The van der Waals surface area contributed by atoms with Crippen LogP contribution in [0.5, 0.6) is 0 Å². The molecule has 0 aromatic rings. The van der Waals surface area contributed by atoms with Gasteiger partial charge < -0.3 is 21.5 Å². The zero-order chi connectivity index (χ0) is 15.0. The zero-order valence-electron chi connectivity index (χ0n) is 11.6. The SMILES string of the molecule is CCC(C)CC(C)NC(=O)N[C@@H](CC(N)=O)C(=O)O. The van der Waals surface area contributed by atoms with Gasteiger partial charge in [0.15, 0.2) is 0 Å². The van der Waals surface area contributed by atoms with Crippen LogP contribution in [0, 0.1) is 5.92 Å². The first-order valence-corrected chi connectivity index (χ1v) is 6.34. The molecule has 0 radical (unpaired) electrons. The van der Waals surface area contributed by atoms with Crippen LogP contribution < -0.4 is 16.4 Å². The summed E-state index contributed by atoms with van der Waals surface area (Å²) in [6.07, 6.45) is 1.38. The number of carboxylic acids is 1. The molecule has 110 valence electrons. The number of primary amides is 1. The number of carboxylic acid groups (broad SMARTS) is 1. The number of carbonyl (C=O) groups is 3. The summed E-state index contributed by atoms with van der Waals surface area (Å²) in [5.74, 6) is -1.60. The van der Waals surface area contributed by atoms with E-state index in [0.717, 1.165) is 12.8 Å². The minimum absolute atomic E-state index is 0.0713. The van der Waals surface area contributed by atoms with Crippen LogP contribution in [0.1, 0.15) is 40.0 Å². The third-order valence-corrected chi connectivity index (χ3v) is 2.84. The van der Waals surface area contributed by atoms with E-state index in [-0.39, 0.29) is 6.04 Å². The summed E-state index contributed by atoms with van der Waals surface area (Å²) >= 11 is 0. The lowest BCUT2D eigenvalue weighted by Gasteiger charge is -2.19. The lowest BCUT2D eigenvalue weighted by molar-refractivity contribution is -0.140. The van der Waals surface area contributed by atoms with Crippen molar-refractivity contribution in [2.45, 2.75) is 52.1 Å². The first-order chi connectivity index (χ1) is 8.76. The third kappa shape index (κ3) is 8.01. The van der Waals surface area contributed by atoms with Crippen molar-refractivity contribution in [2.24, 2.45) is 11.7 Å². The van der Waals surface area contributed by atoms with E-state index in [2.05, 4.69) is 24.5 Å². The number of hydrogen-bond donors (Lipinski definition) is 4. The van der Waals surface area contributed by atoms with Gasteiger partial charge in [0.05, 0.1) is 6.42 Å². The van der Waals surface area contributed by atoms with Crippen molar-refractivity contribution in [3.63, 3.8) is 0 Å². The van der Waals surface area contributed by atoms with E-state index in [0.29, 0.717) is 5.92 Å². The van der Waals surface area contributed by atoms with Gasteiger partial charge in [0.25, 0.3) is 0 Å². The van der Waals surface area contributed by atoms with E-state index in [1.165, 1.54) is 0 Å². The Morgan fingerprint density at radius 2 is 1.79 bits per heavy atom. The molecule has 0 saturated carbocycles. The predicted molar refractivity (Wildman–Crippen MR) is 70.4 cm³/mol. The minimum Gasteiger partial charge on any atom is -0.480 e. The van der Waals surface area contributed by atoms with Crippen molar-refractivity contribution in [3.8, 4) is 0 Å². The second-order valence-electron chi connectivity index (χ2n) is 4.83. The molecule has 7 heteroatoms. The standard InChI is InChI=1S/C12H23N3O4/c1-4-7(2)5-8(3)14-12(19)15-9(11(17)18)6-10(13)16/h7-9H,4-6H2,1-3H3,(H2,13,16)(H,17,18)(H2,14,15,19)/t7?,8?,9-/m0/s1. The van der Waals surface area contributed by atoms with Crippen molar-refractivity contribution in [3.05, 3.63) is 0 Å². The molecule has 19 heavy (non-hydrogen) atoms. The molecule has 2 unspecified atom stereocenters. The van der Waals surface area contributed by atoms with Crippen molar-refractivity contribution >= 4 is 17.9 Å². The Kier molecular flexibility index (Phi) is 7.55. The molecule has 0 aliphatic heterocycles. The Morgan fingerprint density at radius 3 is 2.21 bits per heavy atom. The van der Waals surface area contributed by atoms with Crippen LogP contribution in [-0.4, -0.2) is 35.1 Å². The third-order valence-electron chi connectivity index (χ3n) is 2.84. The normalized spacial score (nSPS) is 15.1. The Bertz CT molecular complexity index is 333. The number of aliphatic carboxylic acids is 1. The summed E-state index contributed by atoms with van der Waals surface area (Å²) in [6, 6.07) is -1.98. The summed E-state index contributed by atoms with van der Waals surface area (Å²) in [5, 5.41) is 13.7. The largest absolute Gasteiger partial charge is 0.480 e. The van der Waals surface area contributed by atoms with Crippen molar-refractivity contribution in [2.75, 3.05) is 0 Å². The molecule has 0 heterocycles. The predicted octanol–water partition coefficient (Wildman–Crippen LogP) is 0.439. The van der Waals surface area contributed by atoms with Crippen molar-refractivity contribution in [1.82, 2.24) is 10.6 Å². The number of rotatable bonds is 8. The monoisotopic (exact) mass is 273 g/mol.